The monoisotopic (exact) mass is 209 g/mol. The third-order valence-electron chi connectivity index (χ3n) is 3.06. The molecule has 2 amide bonds. The number of imide groups is 1. The summed E-state index contributed by atoms with van der Waals surface area (Å²) in [6, 6.07) is 0. The SMILES string of the molecule is CC1(N)C2=CC1C(=O)N(C(C)(C)N)C2=O. The van der Waals surface area contributed by atoms with Crippen molar-refractivity contribution in [2.24, 2.45) is 17.4 Å². The summed E-state index contributed by atoms with van der Waals surface area (Å²) >= 11 is 0. The predicted octanol–water partition coefficient (Wildman–Crippen LogP) is -0.676. The molecule has 3 aliphatic rings. The van der Waals surface area contributed by atoms with Crippen LogP contribution in [-0.2, 0) is 9.59 Å². The Morgan fingerprint density at radius 1 is 1.47 bits per heavy atom. The van der Waals surface area contributed by atoms with Gasteiger partial charge in [-0.25, -0.2) is 0 Å². The Hall–Kier alpha value is -1.20. The van der Waals surface area contributed by atoms with E-state index in [-0.39, 0.29) is 11.8 Å². The molecule has 2 aliphatic heterocycles. The van der Waals surface area contributed by atoms with Crippen LogP contribution in [-0.4, -0.2) is 27.9 Å². The highest BCUT2D eigenvalue weighted by Crippen LogP contribution is 2.43. The van der Waals surface area contributed by atoms with Crippen molar-refractivity contribution in [3.8, 4) is 0 Å². The molecule has 82 valence electrons. The number of hydrogen-bond acceptors (Lipinski definition) is 4. The van der Waals surface area contributed by atoms with Crippen LogP contribution in [0.5, 0.6) is 0 Å². The van der Waals surface area contributed by atoms with Crippen molar-refractivity contribution < 1.29 is 9.59 Å². The Morgan fingerprint density at radius 2 is 2.00 bits per heavy atom. The van der Waals surface area contributed by atoms with Gasteiger partial charge in [-0.05, 0) is 20.8 Å². The van der Waals surface area contributed by atoms with Crippen LogP contribution in [0.25, 0.3) is 0 Å². The van der Waals surface area contributed by atoms with Crippen LogP contribution < -0.4 is 11.5 Å². The van der Waals surface area contributed by atoms with Gasteiger partial charge in [-0.15, -0.1) is 0 Å². The third-order valence-corrected chi connectivity index (χ3v) is 3.06. The smallest absolute Gasteiger partial charge is 0.259 e. The van der Waals surface area contributed by atoms with Gasteiger partial charge in [0.1, 0.15) is 0 Å². The van der Waals surface area contributed by atoms with E-state index in [1.807, 2.05) is 0 Å². The van der Waals surface area contributed by atoms with Crippen molar-refractivity contribution in [2.45, 2.75) is 32.0 Å². The molecule has 0 aromatic carbocycles. The van der Waals surface area contributed by atoms with E-state index in [1.54, 1.807) is 26.8 Å². The molecule has 0 aromatic heterocycles. The molecular weight excluding hydrogens is 194 g/mol. The maximum absolute atomic E-state index is 11.9. The summed E-state index contributed by atoms with van der Waals surface area (Å²) in [5.74, 6) is -1.07. The van der Waals surface area contributed by atoms with Gasteiger partial charge in [-0.3, -0.25) is 14.5 Å². The number of amides is 2. The Labute approximate surface area is 88.1 Å². The molecule has 1 saturated heterocycles. The Kier molecular flexibility index (Phi) is 1.71. The van der Waals surface area contributed by atoms with Crippen LogP contribution in [0.3, 0.4) is 0 Å². The van der Waals surface area contributed by atoms with Crippen molar-refractivity contribution in [3.63, 3.8) is 0 Å². The third kappa shape index (κ3) is 1.10. The van der Waals surface area contributed by atoms with Crippen LogP contribution in [0, 0.1) is 5.92 Å². The molecule has 2 atom stereocenters. The molecule has 2 unspecified atom stereocenters. The molecule has 3 rings (SSSR count). The van der Waals surface area contributed by atoms with Crippen molar-refractivity contribution >= 4 is 11.8 Å². The minimum atomic E-state index is -0.970. The van der Waals surface area contributed by atoms with E-state index in [0.29, 0.717) is 5.57 Å². The maximum atomic E-state index is 11.9. The standard InChI is InChI=1S/C10H15N3O2/c1-9(2,11)13-7(14)5-4-6(8(13)15)10(5,3)12/h4-5H,11-12H2,1-3H3. The lowest BCUT2D eigenvalue weighted by molar-refractivity contribution is -0.157. The van der Waals surface area contributed by atoms with Gasteiger partial charge in [0.25, 0.3) is 5.91 Å². The Morgan fingerprint density at radius 3 is 2.33 bits per heavy atom. The van der Waals surface area contributed by atoms with E-state index < -0.39 is 17.1 Å². The fourth-order valence-corrected chi connectivity index (χ4v) is 2.13. The molecule has 0 saturated carbocycles. The zero-order valence-electron chi connectivity index (χ0n) is 9.07. The van der Waals surface area contributed by atoms with Gasteiger partial charge < -0.3 is 11.5 Å². The molecule has 2 bridgehead atoms. The van der Waals surface area contributed by atoms with Gasteiger partial charge in [0, 0.05) is 5.57 Å². The van der Waals surface area contributed by atoms with Gasteiger partial charge in [-0.1, -0.05) is 6.08 Å². The number of rotatable bonds is 1. The van der Waals surface area contributed by atoms with Gasteiger partial charge in [0.15, 0.2) is 0 Å². The predicted molar refractivity (Wildman–Crippen MR) is 54.3 cm³/mol. The summed E-state index contributed by atoms with van der Waals surface area (Å²) in [6.45, 7) is 4.95. The topological polar surface area (TPSA) is 89.4 Å². The summed E-state index contributed by atoms with van der Waals surface area (Å²) in [4.78, 5) is 24.9. The van der Waals surface area contributed by atoms with Gasteiger partial charge in [0.05, 0.1) is 17.1 Å². The fourth-order valence-electron chi connectivity index (χ4n) is 2.13. The lowest BCUT2D eigenvalue weighted by Gasteiger charge is -2.52. The summed E-state index contributed by atoms with van der Waals surface area (Å²) in [6.07, 6.45) is 1.63. The first-order chi connectivity index (χ1) is 6.67. The minimum Gasteiger partial charge on any atom is -0.321 e. The average Bonchev–Trinajstić information content (AvgIpc) is 1.98. The normalized spacial score (nSPS) is 35.1. The van der Waals surface area contributed by atoms with Crippen molar-refractivity contribution in [2.75, 3.05) is 0 Å². The lowest BCUT2D eigenvalue weighted by Crippen LogP contribution is -2.72. The highest BCUT2D eigenvalue weighted by atomic mass is 16.2. The number of nitrogens with zero attached hydrogens (tertiary/aromatic N) is 1. The number of carbonyl (C=O) groups excluding carboxylic acids is 2. The molecule has 1 fully saturated rings. The highest BCUT2D eigenvalue weighted by Gasteiger charge is 2.58. The van der Waals surface area contributed by atoms with Gasteiger partial charge in [0.2, 0.25) is 5.91 Å². The zero-order valence-corrected chi connectivity index (χ0v) is 9.07. The summed E-state index contributed by atoms with van der Waals surface area (Å²) < 4.78 is 0. The minimum absolute atomic E-state index is 0.299. The maximum Gasteiger partial charge on any atom is 0.259 e. The number of hydrogen-bond donors (Lipinski definition) is 2. The number of fused-ring (bicyclic) bond motifs is 2. The molecule has 2 heterocycles. The fraction of sp³-hybridized carbons (Fsp3) is 0.600. The lowest BCUT2D eigenvalue weighted by atomic mass is 9.65. The van der Waals surface area contributed by atoms with E-state index in [2.05, 4.69) is 0 Å². The van der Waals surface area contributed by atoms with Gasteiger partial charge in [-0.2, -0.15) is 0 Å². The van der Waals surface area contributed by atoms with E-state index in [4.69, 9.17) is 11.5 Å². The second kappa shape index (κ2) is 2.48. The molecule has 15 heavy (non-hydrogen) atoms. The number of nitrogens with two attached hydrogens (primary N) is 2. The van der Waals surface area contributed by atoms with E-state index in [0.717, 1.165) is 4.90 Å². The van der Waals surface area contributed by atoms with Crippen LogP contribution in [0.4, 0.5) is 0 Å². The second-order valence-corrected chi connectivity index (χ2v) is 4.97. The van der Waals surface area contributed by atoms with Gasteiger partial charge >= 0.3 is 0 Å². The number of piperidine rings is 1. The summed E-state index contributed by atoms with van der Waals surface area (Å²) in [7, 11) is 0. The molecular formula is C10H15N3O2. The summed E-state index contributed by atoms with van der Waals surface area (Å²) in [5, 5.41) is 0. The van der Waals surface area contributed by atoms with Crippen LogP contribution in [0.15, 0.2) is 11.6 Å². The molecule has 0 aromatic rings. The van der Waals surface area contributed by atoms with E-state index in [9.17, 15) is 9.59 Å². The summed E-state index contributed by atoms with van der Waals surface area (Å²) in [5.41, 5.74) is 10.4. The average molecular weight is 209 g/mol. The van der Waals surface area contributed by atoms with Crippen LogP contribution in [0.1, 0.15) is 20.8 Å². The zero-order chi connectivity index (χ0) is 11.6. The Bertz CT molecular complexity index is 390. The molecule has 1 aliphatic carbocycles. The highest BCUT2D eigenvalue weighted by molar-refractivity contribution is 6.15. The van der Waals surface area contributed by atoms with Crippen LogP contribution >= 0.6 is 0 Å². The van der Waals surface area contributed by atoms with Crippen molar-refractivity contribution in [3.05, 3.63) is 11.6 Å². The molecule has 0 spiro atoms. The molecule has 0 radical (unpaired) electrons. The van der Waals surface area contributed by atoms with Crippen molar-refractivity contribution in [1.29, 1.82) is 0 Å². The first-order valence-corrected chi connectivity index (χ1v) is 4.86. The van der Waals surface area contributed by atoms with Crippen LogP contribution in [0.2, 0.25) is 0 Å². The van der Waals surface area contributed by atoms with Crippen molar-refractivity contribution in [1.82, 2.24) is 4.90 Å². The van der Waals surface area contributed by atoms with E-state index >= 15 is 0 Å². The Balaban J connectivity index is 2.43. The second-order valence-electron chi connectivity index (χ2n) is 4.97. The quantitative estimate of drug-likeness (QED) is 0.560. The molecule has 5 heteroatoms. The first-order valence-electron chi connectivity index (χ1n) is 4.86. The molecule has 4 N–H and O–H groups in total. The number of carbonyl (C=O) groups is 2. The largest absolute Gasteiger partial charge is 0.321 e. The van der Waals surface area contributed by atoms with E-state index in [1.165, 1.54) is 0 Å². The first kappa shape index (κ1) is 10.3. The molecule has 5 nitrogen and oxygen atoms in total.